The fourth-order valence-electron chi connectivity index (χ4n) is 2.30. The van der Waals surface area contributed by atoms with Crippen molar-refractivity contribution < 1.29 is 0 Å². The second kappa shape index (κ2) is 3.44. The molecule has 0 atom stereocenters. The minimum Gasteiger partial charge on any atom is -0.314 e. The molecule has 3 aromatic rings. The van der Waals surface area contributed by atoms with Crippen LogP contribution in [-0.4, -0.2) is 23.5 Å². The Bertz CT molecular complexity index is 805. The van der Waals surface area contributed by atoms with Crippen LogP contribution in [0.2, 0.25) is 0 Å². The Balaban J connectivity index is 2.60. The van der Waals surface area contributed by atoms with Crippen LogP contribution in [0.25, 0.3) is 16.9 Å². The third-order valence-corrected chi connectivity index (χ3v) is 3.17. The monoisotopic (exact) mass is 245 g/mol. The first-order valence-electron chi connectivity index (χ1n) is 5.92. The molecule has 3 rings (SSSR count). The number of hydrogen-bond donors (Lipinski definition) is 0. The Kier molecular flexibility index (Phi) is 2.10. The Morgan fingerprint density at radius 1 is 1.33 bits per heavy atom. The van der Waals surface area contributed by atoms with Crippen LogP contribution in [0.5, 0.6) is 0 Å². The maximum atomic E-state index is 12.3. The summed E-state index contributed by atoms with van der Waals surface area (Å²) in [5.41, 5.74) is 2.01. The van der Waals surface area contributed by atoms with Gasteiger partial charge in [-0.1, -0.05) is 0 Å². The van der Waals surface area contributed by atoms with Crippen LogP contribution in [0, 0.1) is 6.92 Å². The lowest BCUT2D eigenvalue weighted by Gasteiger charge is -2.11. The molecule has 0 aliphatic carbocycles. The molecule has 0 spiro atoms. The first kappa shape index (κ1) is 11.0. The van der Waals surface area contributed by atoms with Gasteiger partial charge in [0.25, 0.3) is 5.56 Å². The maximum Gasteiger partial charge on any atom is 0.287 e. The molecule has 0 N–H and O–H groups in total. The molecular formula is C12H15N5O. The molecule has 3 aromatic heterocycles. The number of imidazole rings is 2. The van der Waals surface area contributed by atoms with Crippen molar-refractivity contribution in [2.75, 3.05) is 0 Å². The van der Waals surface area contributed by atoms with Crippen molar-refractivity contribution in [3.05, 3.63) is 28.6 Å². The number of fused-ring (bicyclic) bond motifs is 2. The molecule has 0 fully saturated rings. The van der Waals surface area contributed by atoms with Crippen molar-refractivity contribution in [1.82, 2.24) is 23.5 Å². The molecule has 0 aliphatic rings. The standard InChI is InChI=1S/C12H15N5O/c1-7(2)17-6-13-9-10(17)15(4)12-14-8(3)5-16(12)11(9)18/h5-7H,1-4H3. The third kappa shape index (κ3) is 1.25. The molecule has 0 saturated carbocycles. The Labute approximate surface area is 104 Å². The summed E-state index contributed by atoms with van der Waals surface area (Å²) in [6, 6.07) is 0.249. The van der Waals surface area contributed by atoms with Crippen LogP contribution in [0.4, 0.5) is 0 Å². The summed E-state index contributed by atoms with van der Waals surface area (Å²) in [5.74, 6) is 0.646. The molecule has 6 heteroatoms. The quantitative estimate of drug-likeness (QED) is 0.648. The van der Waals surface area contributed by atoms with Crippen molar-refractivity contribution >= 4 is 16.9 Å². The van der Waals surface area contributed by atoms with E-state index in [2.05, 4.69) is 23.8 Å². The summed E-state index contributed by atoms with van der Waals surface area (Å²) in [7, 11) is 1.91. The van der Waals surface area contributed by atoms with Gasteiger partial charge in [0.2, 0.25) is 5.78 Å². The molecule has 0 amide bonds. The highest BCUT2D eigenvalue weighted by atomic mass is 16.1. The summed E-state index contributed by atoms with van der Waals surface area (Å²) in [6.45, 7) is 6.00. The molecule has 0 aromatic carbocycles. The topological polar surface area (TPSA) is 57.1 Å². The average Bonchev–Trinajstić information content (AvgIpc) is 2.89. The molecule has 0 unspecified atom stereocenters. The summed E-state index contributed by atoms with van der Waals surface area (Å²) in [6.07, 6.45) is 3.45. The molecule has 0 saturated heterocycles. The highest BCUT2D eigenvalue weighted by Crippen LogP contribution is 2.16. The number of aryl methyl sites for hydroxylation is 2. The Hall–Kier alpha value is -2.11. The van der Waals surface area contributed by atoms with Gasteiger partial charge < -0.3 is 4.57 Å². The zero-order valence-corrected chi connectivity index (χ0v) is 10.9. The summed E-state index contributed by atoms with van der Waals surface area (Å²) in [5, 5.41) is 0. The Morgan fingerprint density at radius 2 is 2.06 bits per heavy atom. The molecule has 94 valence electrons. The molecule has 0 aliphatic heterocycles. The minimum atomic E-state index is -0.113. The second-order valence-electron chi connectivity index (χ2n) is 4.83. The fraction of sp³-hybridized carbons (Fsp3) is 0.417. The average molecular weight is 245 g/mol. The minimum absolute atomic E-state index is 0.113. The van der Waals surface area contributed by atoms with Crippen molar-refractivity contribution in [3.63, 3.8) is 0 Å². The molecular weight excluding hydrogens is 230 g/mol. The summed E-state index contributed by atoms with van der Waals surface area (Å²) < 4.78 is 5.45. The second-order valence-corrected chi connectivity index (χ2v) is 4.83. The van der Waals surface area contributed by atoms with E-state index >= 15 is 0 Å². The van der Waals surface area contributed by atoms with Gasteiger partial charge in [-0.2, -0.15) is 0 Å². The van der Waals surface area contributed by atoms with Gasteiger partial charge in [-0.3, -0.25) is 9.36 Å². The molecule has 18 heavy (non-hydrogen) atoms. The Morgan fingerprint density at radius 3 is 2.72 bits per heavy atom. The molecule has 0 radical (unpaired) electrons. The summed E-state index contributed by atoms with van der Waals surface area (Å²) >= 11 is 0. The number of aromatic nitrogens is 5. The van der Waals surface area contributed by atoms with Gasteiger partial charge in [0.05, 0.1) is 12.0 Å². The number of rotatable bonds is 1. The SMILES string of the molecule is Cc1cn2c(=O)c3ncn(C(C)C)c3n(C)c2n1. The maximum absolute atomic E-state index is 12.3. The van der Waals surface area contributed by atoms with Crippen molar-refractivity contribution in [2.45, 2.75) is 26.8 Å². The van der Waals surface area contributed by atoms with Crippen LogP contribution < -0.4 is 5.56 Å². The zero-order valence-electron chi connectivity index (χ0n) is 10.9. The molecule has 0 bridgehead atoms. The van der Waals surface area contributed by atoms with E-state index in [0.29, 0.717) is 11.3 Å². The predicted octanol–water partition coefficient (Wildman–Crippen LogP) is 1.27. The first-order valence-corrected chi connectivity index (χ1v) is 5.92. The van der Waals surface area contributed by atoms with Gasteiger partial charge in [0.15, 0.2) is 5.52 Å². The van der Waals surface area contributed by atoms with Crippen LogP contribution in [-0.2, 0) is 7.05 Å². The van der Waals surface area contributed by atoms with Crippen molar-refractivity contribution in [2.24, 2.45) is 7.05 Å². The van der Waals surface area contributed by atoms with E-state index < -0.39 is 0 Å². The van der Waals surface area contributed by atoms with E-state index in [-0.39, 0.29) is 11.6 Å². The van der Waals surface area contributed by atoms with E-state index in [9.17, 15) is 4.79 Å². The summed E-state index contributed by atoms with van der Waals surface area (Å²) in [4.78, 5) is 21.0. The van der Waals surface area contributed by atoms with Gasteiger partial charge >= 0.3 is 0 Å². The lowest BCUT2D eigenvalue weighted by molar-refractivity contribution is 0.604. The van der Waals surface area contributed by atoms with Gasteiger partial charge in [-0.25, -0.2) is 14.4 Å². The lowest BCUT2D eigenvalue weighted by Crippen LogP contribution is -2.18. The van der Waals surface area contributed by atoms with Crippen molar-refractivity contribution in [3.8, 4) is 0 Å². The smallest absolute Gasteiger partial charge is 0.287 e. The number of nitrogens with zero attached hydrogens (tertiary/aromatic N) is 5. The molecule has 6 nitrogen and oxygen atoms in total. The van der Waals surface area contributed by atoms with Gasteiger partial charge in [-0.15, -0.1) is 0 Å². The largest absolute Gasteiger partial charge is 0.314 e. The van der Waals surface area contributed by atoms with Gasteiger partial charge in [0, 0.05) is 19.3 Å². The fourth-order valence-corrected chi connectivity index (χ4v) is 2.30. The lowest BCUT2D eigenvalue weighted by atomic mass is 10.4. The normalized spacial score (nSPS) is 12.1. The van der Waals surface area contributed by atoms with Gasteiger partial charge in [0.1, 0.15) is 5.65 Å². The number of hydrogen-bond acceptors (Lipinski definition) is 3. The van der Waals surface area contributed by atoms with Crippen LogP contribution in [0.15, 0.2) is 17.3 Å². The van der Waals surface area contributed by atoms with Gasteiger partial charge in [-0.05, 0) is 20.8 Å². The highest BCUT2D eigenvalue weighted by molar-refractivity contribution is 5.73. The van der Waals surface area contributed by atoms with E-state index in [1.807, 2.05) is 23.1 Å². The van der Waals surface area contributed by atoms with Crippen molar-refractivity contribution in [1.29, 1.82) is 0 Å². The van der Waals surface area contributed by atoms with E-state index in [4.69, 9.17) is 0 Å². The molecule has 3 heterocycles. The van der Waals surface area contributed by atoms with E-state index in [0.717, 1.165) is 11.3 Å². The van der Waals surface area contributed by atoms with Crippen LogP contribution >= 0.6 is 0 Å². The van der Waals surface area contributed by atoms with E-state index in [1.54, 1.807) is 16.9 Å². The predicted molar refractivity (Wildman–Crippen MR) is 68.8 cm³/mol. The third-order valence-electron chi connectivity index (χ3n) is 3.17. The van der Waals surface area contributed by atoms with E-state index in [1.165, 1.54) is 0 Å². The highest BCUT2D eigenvalue weighted by Gasteiger charge is 2.16. The zero-order chi connectivity index (χ0) is 13.0. The van der Waals surface area contributed by atoms with Crippen LogP contribution in [0.1, 0.15) is 25.6 Å². The van der Waals surface area contributed by atoms with Crippen LogP contribution in [0.3, 0.4) is 0 Å². The first-order chi connectivity index (χ1) is 8.50.